The number of fused-ring (bicyclic) bond motifs is 1. The summed E-state index contributed by atoms with van der Waals surface area (Å²) in [6.07, 6.45) is 0.996. The third-order valence-corrected chi connectivity index (χ3v) is 3.86. The summed E-state index contributed by atoms with van der Waals surface area (Å²) in [7, 11) is 0. The van der Waals surface area contributed by atoms with Crippen molar-refractivity contribution in [2.24, 2.45) is 0 Å². The number of Topliss-reactive ketones (excluding diaryl/α,β-unsaturated/α-hetero) is 1. The first-order valence-electron chi connectivity index (χ1n) is 7.57. The van der Waals surface area contributed by atoms with Crippen LogP contribution in [0.25, 0.3) is 11.0 Å². The Labute approximate surface area is 146 Å². The average molecular weight is 374 g/mol. The molecule has 4 nitrogen and oxygen atoms in total. The third-order valence-electron chi connectivity index (χ3n) is 3.86. The highest BCUT2D eigenvalue weighted by Crippen LogP contribution is 2.16. The van der Waals surface area contributed by atoms with Crippen LogP contribution < -0.4 is 27.3 Å². The van der Waals surface area contributed by atoms with E-state index in [0.717, 1.165) is 24.0 Å². The van der Waals surface area contributed by atoms with Crippen LogP contribution in [0.5, 0.6) is 0 Å². The van der Waals surface area contributed by atoms with Crippen molar-refractivity contribution in [3.05, 3.63) is 60.2 Å². The largest absolute Gasteiger partial charge is 1.00 e. The SMILES string of the molecule is CCCn1c(N)[n+](CC(=O)c2ccccc2)c2ccccc21.[Br-]. The predicted octanol–water partition coefficient (Wildman–Crippen LogP) is -0.192. The number of carbonyl (C=O) groups excluding carboxylic acids is 1. The fraction of sp³-hybridized carbons (Fsp3) is 0.222. The zero-order valence-electron chi connectivity index (χ0n) is 13.1. The second kappa shape index (κ2) is 7.42. The molecule has 2 aromatic carbocycles. The lowest BCUT2D eigenvalue weighted by Gasteiger charge is -2.02. The Kier molecular flexibility index (Phi) is 5.55. The monoisotopic (exact) mass is 373 g/mol. The molecule has 2 N–H and O–H groups in total. The van der Waals surface area contributed by atoms with Crippen molar-refractivity contribution in [2.45, 2.75) is 26.4 Å². The zero-order chi connectivity index (χ0) is 15.5. The number of carbonyl (C=O) groups is 1. The number of nitrogens with zero attached hydrogens (tertiary/aromatic N) is 2. The predicted molar refractivity (Wildman–Crippen MR) is 87.6 cm³/mol. The minimum absolute atomic E-state index is 0. The molecule has 0 unspecified atom stereocenters. The molecule has 0 radical (unpaired) electrons. The zero-order valence-corrected chi connectivity index (χ0v) is 14.7. The van der Waals surface area contributed by atoms with E-state index in [-0.39, 0.29) is 29.3 Å². The normalized spacial score (nSPS) is 10.5. The lowest BCUT2D eigenvalue weighted by atomic mass is 10.1. The molecule has 0 atom stereocenters. The van der Waals surface area contributed by atoms with Gasteiger partial charge in [-0.1, -0.05) is 49.4 Å². The smallest absolute Gasteiger partial charge is 0.356 e. The van der Waals surface area contributed by atoms with Crippen LogP contribution in [0.3, 0.4) is 0 Å². The molecule has 0 fully saturated rings. The van der Waals surface area contributed by atoms with Crippen molar-refractivity contribution in [1.82, 2.24) is 4.57 Å². The van der Waals surface area contributed by atoms with E-state index in [1.54, 1.807) is 0 Å². The van der Waals surface area contributed by atoms with Crippen LogP contribution in [-0.4, -0.2) is 10.4 Å². The van der Waals surface area contributed by atoms with E-state index in [2.05, 4.69) is 11.5 Å². The molecule has 0 aliphatic carbocycles. The molecule has 0 aliphatic heterocycles. The van der Waals surface area contributed by atoms with Gasteiger partial charge in [0.1, 0.15) is 17.6 Å². The van der Waals surface area contributed by atoms with Crippen molar-refractivity contribution in [3.8, 4) is 0 Å². The number of nitrogen functional groups attached to an aromatic ring is 1. The van der Waals surface area contributed by atoms with Crippen LogP contribution in [0.4, 0.5) is 5.95 Å². The van der Waals surface area contributed by atoms with Crippen molar-refractivity contribution in [1.29, 1.82) is 0 Å². The van der Waals surface area contributed by atoms with E-state index >= 15 is 0 Å². The van der Waals surface area contributed by atoms with Crippen molar-refractivity contribution in [3.63, 3.8) is 0 Å². The van der Waals surface area contributed by atoms with E-state index in [4.69, 9.17) is 5.73 Å². The van der Waals surface area contributed by atoms with Gasteiger partial charge in [-0.25, -0.2) is 9.13 Å². The maximum atomic E-state index is 12.5. The lowest BCUT2D eigenvalue weighted by molar-refractivity contribution is -0.642. The molecule has 0 amide bonds. The number of aryl methyl sites for hydroxylation is 1. The summed E-state index contributed by atoms with van der Waals surface area (Å²) < 4.78 is 3.98. The minimum atomic E-state index is 0. The number of anilines is 1. The number of nitrogens with two attached hydrogens (primary N) is 1. The highest BCUT2D eigenvalue weighted by molar-refractivity contribution is 5.95. The molecule has 0 spiro atoms. The van der Waals surface area contributed by atoms with Crippen LogP contribution in [-0.2, 0) is 13.1 Å². The van der Waals surface area contributed by atoms with Crippen molar-refractivity contribution >= 4 is 22.8 Å². The molecular formula is C18H20BrN3O. The Hall–Kier alpha value is -2.14. The van der Waals surface area contributed by atoms with Crippen LogP contribution >= 0.6 is 0 Å². The summed E-state index contributed by atoms with van der Waals surface area (Å²) in [4.78, 5) is 12.5. The van der Waals surface area contributed by atoms with Gasteiger partial charge in [0.25, 0.3) is 0 Å². The van der Waals surface area contributed by atoms with E-state index in [1.165, 1.54) is 0 Å². The van der Waals surface area contributed by atoms with Crippen LogP contribution in [0.15, 0.2) is 54.6 Å². The molecule has 23 heavy (non-hydrogen) atoms. The van der Waals surface area contributed by atoms with E-state index in [0.29, 0.717) is 11.5 Å². The number of hydrogen-bond acceptors (Lipinski definition) is 2. The first-order chi connectivity index (χ1) is 10.7. The Morgan fingerprint density at radius 3 is 2.43 bits per heavy atom. The van der Waals surface area contributed by atoms with Crippen LogP contribution in [0, 0.1) is 0 Å². The quantitative estimate of drug-likeness (QED) is 0.497. The fourth-order valence-corrected chi connectivity index (χ4v) is 2.80. The van der Waals surface area contributed by atoms with Gasteiger partial charge in [-0.3, -0.25) is 10.5 Å². The number of hydrogen-bond donors (Lipinski definition) is 1. The molecule has 3 aromatic rings. The summed E-state index contributed by atoms with van der Waals surface area (Å²) in [5.41, 5.74) is 9.08. The molecule has 1 heterocycles. The van der Waals surface area contributed by atoms with E-state index in [1.807, 2.05) is 59.2 Å². The van der Waals surface area contributed by atoms with Gasteiger partial charge in [0.2, 0.25) is 0 Å². The van der Waals surface area contributed by atoms with E-state index in [9.17, 15) is 4.79 Å². The number of benzene rings is 2. The number of imidazole rings is 1. The number of ketones is 1. The second-order valence-electron chi connectivity index (χ2n) is 5.37. The second-order valence-corrected chi connectivity index (χ2v) is 5.37. The lowest BCUT2D eigenvalue weighted by Crippen LogP contribution is -3.00. The molecule has 5 heteroatoms. The van der Waals surface area contributed by atoms with Gasteiger partial charge in [0, 0.05) is 5.56 Å². The van der Waals surface area contributed by atoms with Gasteiger partial charge in [-0.05, 0) is 18.6 Å². The molecule has 120 valence electrons. The maximum absolute atomic E-state index is 12.5. The Morgan fingerprint density at radius 2 is 1.74 bits per heavy atom. The summed E-state index contributed by atoms with van der Waals surface area (Å²) >= 11 is 0. The topological polar surface area (TPSA) is 51.9 Å². The Morgan fingerprint density at radius 1 is 1.09 bits per heavy atom. The number of rotatable bonds is 5. The van der Waals surface area contributed by atoms with Gasteiger partial charge in [0.15, 0.2) is 5.78 Å². The number of halogens is 1. The number of aromatic nitrogens is 2. The molecule has 0 aliphatic rings. The van der Waals surface area contributed by atoms with Gasteiger partial charge >= 0.3 is 5.95 Å². The highest BCUT2D eigenvalue weighted by Gasteiger charge is 2.22. The Bertz CT molecular complexity index is 812. The summed E-state index contributed by atoms with van der Waals surface area (Å²) in [5, 5.41) is 0. The first kappa shape index (κ1) is 17.2. The van der Waals surface area contributed by atoms with Crippen LogP contribution in [0.1, 0.15) is 23.7 Å². The Balaban J connectivity index is 0.00000192. The standard InChI is InChI=1S/C18H19N3O.BrH/c1-2-12-20-15-10-6-7-11-16(15)21(18(20)19)13-17(22)14-8-4-3-5-9-14;/h3-11,19H,2,12-13H2,1H3;1H. The summed E-state index contributed by atoms with van der Waals surface area (Å²) in [6, 6.07) is 17.4. The van der Waals surface area contributed by atoms with Crippen molar-refractivity contribution < 1.29 is 26.3 Å². The van der Waals surface area contributed by atoms with Gasteiger partial charge in [0.05, 0.1) is 6.54 Å². The molecule has 3 rings (SSSR count). The molecule has 0 saturated heterocycles. The molecule has 0 bridgehead atoms. The third kappa shape index (κ3) is 3.29. The molecular weight excluding hydrogens is 354 g/mol. The van der Waals surface area contributed by atoms with Gasteiger partial charge < -0.3 is 17.0 Å². The summed E-state index contributed by atoms with van der Waals surface area (Å²) in [6.45, 7) is 3.22. The van der Waals surface area contributed by atoms with Gasteiger partial charge in [-0.15, -0.1) is 0 Å². The first-order valence-corrected chi connectivity index (χ1v) is 7.57. The molecule has 0 saturated carbocycles. The van der Waals surface area contributed by atoms with Crippen LogP contribution in [0.2, 0.25) is 0 Å². The maximum Gasteiger partial charge on any atom is 0.356 e. The van der Waals surface area contributed by atoms with Crippen molar-refractivity contribution in [2.75, 3.05) is 5.73 Å². The minimum Gasteiger partial charge on any atom is -1.00 e. The van der Waals surface area contributed by atoms with Gasteiger partial charge in [-0.2, -0.15) is 0 Å². The fourth-order valence-electron chi connectivity index (χ4n) is 2.80. The number of para-hydroxylation sites is 2. The average Bonchev–Trinajstić information content (AvgIpc) is 2.82. The summed E-state index contributed by atoms with van der Waals surface area (Å²) in [5.74, 6) is 0.698. The molecule has 1 aromatic heterocycles. The van der Waals surface area contributed by atoms with E-state index < -0.39 is 0 Å². The highest BCUT2D eigenvalue weighted by atomic mass is 79.9.